The normalized spacial score (nSPS) is 19.7. The monoisotopic (exact) mass is 364 g/mol. The first-order valence-corrected chi connectivity index (χ1v) is 7.01. The minimum Gasteiger partial charge on any atom is -0.345 e. The zero-order valence-electron chi connectivity index (χ0n) is 11.0. The second-order valence-electron chi connectivity index (χ2n) is 4.60. The molecule has 1 aromatic carbocycles. The van der Waals surface area contributed by atoms with Crippen LogP contribution in [0.15, 0.2) is 22.7 Å². The summed E-state index contributed by atoms with van der Waals surface area (Å²) in [6.07, 6.45) is -4.22. The van der Waals surface area contributed by atoms with Gasteiger partial charge in [-0.1, -0.05) is 22.9 Å². The lowest BCUT2D eigenvalue weighted by atomic mass is 10.1. The van der Waals surface area contributed by atoms with E-state index in [9.17, 15) is 22.8 Å². The zero-order chi connectivity index (χ0) is 15.8. The van der Waals surface area contributed by atoms with Crippen molar-refractivity contribution < 1.29 is 22.8 Å². The molecule has 0 saturated carbocycles. The summed E-state index contributed by atoms with van der Waals surface area (Å²) in [5.74, 6) is -0.807. The Kier molecular flexibility index (Phi) is 4.27. The first kappa shape index (κ1) is 15.8. The van der Waals surface area contributed by atoms with Crippen LogP contribution in [0.5, 0.6) is 0 Å². The lowest BCUT2D eigenvalue weighted by Gasteiger charge is -2.34. The number of rotatable bonds is 2. The molecule has 1 saturated heterocycles. The van der Waals surface area contributed by atoms with Gasteiger partial charge in [0.2, 0.25) is 11.8 Å². The molecule has 1 N–H and O–H groups in total. The van der Waals surface area contributed by atoms with Crippen molar-refractivity contribution in [2.24, 2.45) is 0 Å². The molecular weight excluding hydrogens is 353 g/mol. The second-order valence-corrected chi connectivity index (χ2v) is 5.52. The number of nitrogens with zero attached hydrogens (tertiary/aromatic N) is 1. The molecule has 1 aromatic rings. The number of amides is 2. The molecule has 0 spiro atoms. The largest absolute Gasteiger partial charge is 0.416 e. The van der Waals surface area contributed by atoms with E-state index in [2.05, 4.69) is 21.2 Å². The lowest BCUT2D eigenvalue weighted by Crippen LogP contribution is -2.58. The number of piperazine rings is 1. The minimum absolute atomic E-state index is 0.0587. The van der Waals surface area contributed by atoms with Gasteiger partial charge in [-0.25, -0.2) is 0 Å². The number of benzene rings is 1. The SMILES string of the molecule is CCC1C(=O)NCC(=O)N1c1cc(Br)cc(C(F)(F)F)c1. The maximum absolute atomic E-state index is 12.9. The molecular formula is C13H12BrF3N2O2. The summed E-state index contributed by atoms with van der Waals surface area (Å²) in [6.45, 7) is 1.47. The quantitative estimate of drug-likeness (QED) is 0.876. The Bertz CT molecular complexity index is 589. The third kappa shape index (κ3) is 3.20. The average molecular weight is 365 g/mol. The van der Waals surface area contributed by atoms with Crippen LogP contribution in [-0.4, -0.2) is 24.4 Å². The number of nitrogens with one attached hydrogen (secondary N) is 1. The van der Waals surface area contributed by atoms with E-state index in [-0.39, 0.29) is 22.6 Å². The number of carbonyl (C=O) groups is 2. The Morgan fingerprint density at radius 1 is 1.33 bits per heavy atom. The van der Waals surface area contributed by atoms with Crippen LogP contribution in [0.3, 0.4) is 0 Å². The molecule has 2 rings (SSSR count). The number of hydrogen-bond donors (Lipinski definition) is 1. The van der Waals surface area contributed by atoms with Crippen molar-refractivity contribution in [2.45, 2.75) is 25.6 Å². The third-order valence-corrected chi connectivity index (χ3v) is 3.63. The molecule has 114 valence electrons. The van der Waals surface area contributed by atoms with Gasteiger partial charge in [0.1, 0.15) is 6.04 Å². The highest BCUT2D eigenvalue weighted by Gasteiger charge is 2.36. The maximum atomic E-state index is 12.9. The van der Waals surface area contributed by atoms with E-state index in [1.165, 1.54) is 6.07 Å². The van der Waals surface area contributed by atoms with Crippen molar-refractivity contribution in [1.29, 1.82) is 0 Å². The van der Waals surface area contributed by atoms with E-state index in [1.54, 1.807) is 6.92 Å². The fourth-order valence-electron chi connectivity index (χ4n) is 2.23. The highest BCUT2D eigenvalue weighted by molar-refractivity contribution is 9.10. The van der Waals surface area contributed by atoms with E-state index in [0.717, 1.165) is 17.0 Å². The molecule has 1 fully saturated rings. The molecule has 0 radical (unpaired) electrons. The first-order valence-electron chi connectivity index (χ1n) is 6.21. The van der Waals surface area contributed by atoms with Crippen molar-refractivity contribution in [3.63, 3.8) is 0 Å². The van der Waals surface area contributed by atoms with Gasteiger partial charge in [-0.15, -0.1) is 0 Å². The first-order chi connectivity index (χ1) is 9.74. The van der Waals surface area contributed by atoms with E-state index in [1.807, 2.05) is 0 Å². The van der Waals surface area contributed by atoms with Crippen molar-refractivity contribution >= 4 is 33.4 Å². The van der Waals surface area contributed by atoms with Crippen molar-refractivity contribution in [3.05, 3.63) is 28.2 Å². The van der Waals surface area contributed by atoms with Gasteiger partial charge in [0.05, 0.1) is 12.1 Å². The zero-order valence-corrected chi connectivity index (χ0v) is 12.6. The molecule has 4 nitrogen and oxygen atoms in total. The summed E-state index contributed by atoms with van der Waals surface area (Å²) in [7, 11) is 0. The van der Waals surface area contributed by atoms with Gasteiger partial charge in [0, 0.05) is 10.2 Å². The Balaban J connectivity index is 2.50. The predicted molar refractivity (Wildman–Crippen MR) is 73.7 cm³/mol. The second kappa shape index (κ2) is 5.67. The minimum atomic E-state index is -4.53. The number of alkyl halides is 3. The third-order valence-electron chi connectivity index (χ3n) is 3.17. The van der Waals surface area contributed by atoms with Crippen LogP contribution in [0.2, 0.25) is 0 Å². The lowest BCUT2D eigenvalue weighted by molar-refractivity contribution is -0.137. The van der Waals surface area contributed by atoms with Gasteiger partial charge >= 0.3 is 6.18 Å². The molecule has 0 aliphatic carbocycles. The molecule has 0 aromatic heterocycles. The van der Waals surface area contributed by atoms with Crippen LogP contribution < -0.4 is 10.2 Å². The van der Waals surface area contributed by atoms with E-state index >= 15 is 0 Å². The Morgan fingerprint density at radius 2 is 2.00 bits per heavy atom. The van der Waals surface area contributed by atoms with Crippen LogP contribution in [0.4, 0.5) is 18.9 Å². The van der Waals surface area contributed by atoms with E-state index in [4.69, 9.17) is 0 Å². The Hall–Kier alpha value is -1.57. The Labute approximate surface area is 127 Å². The van der Waals surface area contributed by atoms with Gasteiger partial charge in [0.25, 0.3) is 0 Å². The average Bonchev–Trinajstić information content (AvgIpc) is 2.39. The van der Waals surface area contributed by atoms with Gasteiger partial charge in [0.15, 0.2) is 0 Å². The number of halogens is 4. The summed E-state index contributed by atoms with van der Waals surface area (Å²) in [6, 6.07) is 2.40. The van der Waals surface area contributed by atoms with Crippen LogP contribution in [-0.2, 0) is 15.8 Å². The molecule has 1 aliphatic heterocycles. The van der Waals surface area contributed by atoms with E-state index in [0.29, 0.717) is 6.42 Å². The molecule has 1 heterocycles. The summed E-state index contributed by atoms with van der Waals surface area (Å²) in [5, 5.41) is 2.43. The molecule has 1 unspecified atom stereocenters. The number of anilines is 1. The smallest absolute Gasteiger partial charge is 0.345 e. The number of hydrogen-bond acceptors (Lipinski definition) is 2. The molecule has 0 bridgehead atoms. The van der Waals surface area contributed by atoms with Crippen LogP contribution >= 0.6 is 15.9 Å². The summed E-state index contributed by atoms with van der Waals surface area (Å²) in [4.78, 5) is 24.9. The van der Waals surface area contributed by atoms with Crippen LogP contribution in [0.25, 0.3) is 0 Å². The number of carbonyl (C=O) groups excluding carboxylic acids is 2. The van der Waals surface area contributed by atoms with Gasteiger partial charge in [-0.05, 0) is 24.6 Å². The van der Waals surface area contributed by atoms with E-state index < -0.39 is 23.7 Å². The van der Waals surface area contributed by atoms with Crippen LogP contribution in [0.1, 0.15) is 18.9 Å². The van der Waals surface area contributed by atoms with Crippen molar-refractivity contribution in [3.8, 4) is 0 Å². The molecule has 1 aliphatic rings. The van der Waals surface area contributed by atoms with Crippen molar-refractivity contribution in [1.82, 2.24) is 5.32 Å². The van der Waals surface area contributed by atoms with Gasteiger partial charge in [-0.3, -0.25) is 14.5 Å². The van der Waals surface area contributed by atoms with Crippen LogP contribution in [0, 0.1) is 0 Å². The summed E-state index contributed by atoms with van der Waals surface area (Å²) < 4.78 is 38.8. The highest BCUT2D eigenvalue weighted by atomic mass is 79.9. The topological polar surface area (TPSA) is 49.4 Å². The molecule has 1 atom stereocenters. The molecule has 2 amide bonds. The highest BCUT2D eigenvalue weighted by Crippen LogP contribution is 2.35. The van der Waals surface area contributed by atoms with Gasteiger partial charge < -0.3 is 5.32 Å². The Morgan fingerprint density at radius 3 is 2.57 bits per heavy atom. The fraction of sp³-hybridized carbons (Fsp3) is 0.385. The van der Waals surface area contributed by atoms with Crippen molar-refractivity contribution in [2.75, 3.05) is 11.4 Å². The molecule has 8 heteroatoms. The summed E-state index contributed by atoms with van der Waals surface area (Å²) >= 11 is 3.01. The maximum Gasteiger partial charge on any atom is 0.416 e. The fourth-order valence-corrected chi connectivity index (χ4v) is 2.71. The van der Waals surface area contributed by atoms with Gasteiger partial charge in [-0.2, -0.15) is 13.2 Å². The standard InChI is InChI=1S/C13H12BrF3N2O2/c1-2-10-12(21)18-6-11(20)19(10)9-4-7(13(15,16)17)3-8(14)5-9/h3-5,10H,2,6H2,1H3,(H,18,21). The predicted octanol–water partition coefficient (Wildman–Crippen LogP) is 2.71. The summed E-state index contributed by atoms with van der Waals surface area (Å²) in [5.41, 5.74) is -0.816. The molecule has 21 heavy (non-hydrogen) atoms.